The maximum absolute atomic E-state index is 5.45. The van der Waals surface area contributed by atoms with Gasteiger partial charge in [-0.2, -0.15) is 0 Å². The molecule has 80 valence electrons. The number of likely N-dealkylation sites (tertiary alicyclic amines) is 1. The molecule has 0 amide bonds. The fourth-order valence-corrected chi connectivity index (χ4v) is 1.83. The van der Waals surface area contributed by atoms with Gasteiger partial charge >= 0.3 is 0 Å². The van der Waals surface area contributed by atoms with Gasteiger partial charge in [-0.15, -0.1) is 0 Å². The van der Waals surface area contributed by atoms with Crippen LogP contribution in [-0.4, -0.2) is 38.3 Å². The Morgan fingerprint density at radius 2 is 1.77 bits per heavy atom. The van der Waals surface area contributed by atoms with Crippen LogP contribution in [0.3, 0.4) is 0 Å². The molecule has 1 aliphatic heterocycles. The van der Waals surface area contributed by atoms with E-state index in [0.29, 0.717) is 5.41 Å². The molecule has 2 heteroatoms. The van der Waals surface area contributed by atoms with E-state index in [9.17, 15) is 0 Å². The van der Waals surface area contributed by atoms with E-state index < -0.39 is 0 Å². The Morgan fingerprint density at radius 1 is 1.23 bits per heavy atom. The fraction of sp³-hybridized carbons (Fsp3) is 1.00. The molecule has 0 spiro atoms. The molecular weight excluding hydrogens is 162 g/mol. The van der Waals surface area contributed by atoms with Crippen LogP contribution in [0.1, 0.15) is 34.1 Å². The van der Waals surface area contributed by atoms with Crippen molar-refractivity contribution in [3.8, 4) is 0 Å². The zero-order valence-corrected chi connectivity index (χ0v) is 9.89. The van der Waals surface area contributed by atoms with Gasteiger partial charge in [-0.1, -0.05) is 20.8 Å². The molecule has 2 nitrogen and oxygen atoms in total. The second-order valence-corrected chi connectivity index (χ2v) is 3.66. The van der Waals surface area contributed by atoms with Crippen LogP contribution >= 0.6 is 0 Å². The summed E-state index contributed by atoms with van der Waals surface area (Å²) >= 11 is 0. The highest BCUT2D eigenvalue weighted by atomic mass is 16.5. The number of hydrogen-bond donors (Lipinski definition) is 0. The highest BCUT2D eigenvalue weighted by molar-refractivity contribution is 4.92. The van der Waals surface area contributed by atoms with Gasteiger partial charge in [0.2, 0.25) is 0 Å². The van der Waals surface area contributed by atoms with Crippen molar-refractivity contribution in [1.82, 2.24) is 4.90 Å². The van der Waals surface area contributed by atoms with Gasteiger partial charge in [0, 0.05) is 25.1 Å². The second-order valence-electron chi connectivity index (χ2n) is 3.66. The summed E-state index contributed by atoms with van der Waals surface area (Å²) in [6, 6.07) is 0. The highest BCUT2D eigenvalue weighted by Gasteiger charge is 2.39. The maximum Gasteiger partial charge on any atom is 0.0546 e. The summed E-state index contributed by atoms with van der Waals surface area (Å²) < 4.78 is 5.45. The Morgan fingerprint density at radius 3 is 2.08 bits per heavy atom. The topological polar surface area (TPSA) is 12.5 Å². The molecule has 0 atom stereocenters. The van der Waals surface area contributed by atoms with E-state index in [0.717, 1.165) is 13.2 Å². The number of ether oxygens (including phenoxy) is 1. The number of rotatable bonds is 4. The molecule has 0 aromatic carbocycles. The van der Waals surface area contributed by atoms with Crippen LogP contribution in [0.15, 0.2) is 0 Å². The summed E-state index contributed by atoms with van der Waals surface area (Å²) in [5, 5.41) is 0. The van der Waals surface area contributed by atoms with Crippen molar-refractivity contribution >= 4 is 0 Å². The van der Waals surface area contributed by atoms with Crippen LogP contribution in [0.4, 0.5) is 0 Å². The molecule has 13 heavy (non-hydrogen) atoms. The van der Waals surface area contributed by atoms with Crippen molar-refractivity contribution in [2.45, 2.75) is 34.1 Å². The van der Waals surface area contributed by atoms with Crippen molar-refractivity contribution in [2.24, 2.45) is 5.41 Å². The third-order valence-electron chi connectivity index (χ3n) is 2.57. The number of nitrogens with zero attached hydrogens (tertiary/aromatic N) is 1. The molecule has 0 aromatic rings. The Labute approximate surface area is 83.3 Å². The van der Waals surface area contributed by atoms with Crippen LogP contribution in [0.5, 0.6) is 0 Å². The first-order valence-electron chi connectivity index (χ1n) is 5.49. The van der Waals surface area contributed by atoms with Crippen molar-refractivity contribution in [1.29, 1.82) is 0 Å². The Hall–Kier alpha value is -0.0800. The normalized spacial score (nSPS) is 20.1. The summed E-state index contributed by atoms with van der Waals surface area (Å²) in [4.78, 5) is 2.35. The van der Waals surface area contributed by atoms with Gasteiger partial charge in [0.05, 0.1) is 6.61 Å². The lowest BCUT2D eigenvalue weighted by molar-refractivity contribution is -0.0535. The van der Waals surface area contributed by atoms with Crippen LogP contribution in [0.2, 0.25) is 0 Å². The summed E-state index contributed by atoms with van der Waals surface area (Å²) in [5.41, 5.74) is 0.491. The molecule has 1 rings (SSSR count). The smallest absolute Gasteiger partial charge is 0.0546 e. The van der Waals surface area contributed by atoms with E-state index in [4.69, 9.17) is 4.74 Å². The molecule has 0 aromatic heterocycles. The zero-order valence-electron chi connectivity index (χ0n) is 9.89. The van der Waals surface area contributed by atoms with E-state index in [2.05, 4.69) is 25.8 Å². The molecule has 0 radical (unpaired) electrons. The molecule has 0 saturated carbocycles. The molecule has 0 unspecified atom stereocenters. The van der Waals surface area contributed by atoms with Gasteiger partial charge < -0.3 is 9.64 Å². The minimum Gasteiger partial charge on any atom is -0.381 e. The zero-order chi connectivity index (χ0) is 10.3. The predicted octanol–water partition coefficient (Wildman–Crippen LogP) is 2.39. The van der Waals surface area contributed by atoms with Gasteiger partial charge in [0.25, 0.3) is 0 Å². The summed E-state index contributed by atoms with van der Waals surface area (Å²) in [5.74, 6) is 0. The summed E-state index contributed by atoms with van der Waals surface area (Å²) in [6.07, 6.45) is 1.25. The van der Waals surface area contributed by atoms with Crippen molar-refractivity contribution < 1.29 is 4.74 Å². The minimum absolute atomic E-state index is 0.491. The molecule has 0 bridgehead atoms. The van der Waals surface area contributed by atoms with Gasteiger partial charge in [-0.25, -0.2) is 0 Å². The summed E-state index contributed by atoms with van der Waals surface area (Å²) in [6.45, 7) is 12.5. The molecule has 0 aliphatic carbocycles. The van der Waals surface area contributed by atoms with Crippen molar-refractivity contribution in [3.63, 3.8) is 0 Å². The average molecular weight is 187 g/mol. The Bertz CT molecular complexity index is 119. The van der Waals surface area contributed by atoms with E-state index in [1.807, 2.05) is 13.8 Å². The molecule has 1 fully saturated rings. The van der Waals surface area contributed by atoms with E-state index in [1.165, 1.54) is 19.5 Å². The molecular formula is C11H25NO. The minimum atomic E-state index is 0.491. The SMILES string of the molecule is CC.CCOCC1(CC)CN(C)C1. The first-order chi connectivity index (χ1) is 6.22. The largest absolute Gasteiger partial charge is 0.381 e. The fourth-order valence-electron chi connectivity index (χ4n) is 1.83. The van der Waals surface area contributed by atoms with Crippen LogP contribution in [-0.2, 0) is 4.74 Å². The maximum atomic E-state index is 5.45. The van der Waals surface area contributed by atoms with Gasteiger partial charge in [0.15, 0.2) is 0 Å². The van der Waals surface area contributed by atoms with Gasteiger partial charge in [0.1, 0.15) is 0 Å². The molecule has 0 N–H and O–H groups in total. The third kappa shape index (κ3) is 3.65. The second kappa shape index (κ2) is 6.39. The van der Waals surface area contributed by atoms with E-state index in [1.54, 1.807) is 0 Å². The molecule has 1 heterocycles. The first-order valence-corrected chi connectivity index (χ1v) is 5.49. The third-order valence-corrected chi connectivity index (χ3v) is 2.57. The van der Waals surface area contributed by atoms with Gasteiger partial charge in [-0.3, -0.25) is 0 Å². The van der Waals surface area contributed by atoms with Crippen molar-refractivity contribution in [2.75, 3.05) is 33.4 Å². The Kier molecular flexibility index (Phi) is 6.35. The molecule has 1 saturated heterocycles. The average Bonchev–Trinajstić information content (AvgIpc) is 2.14. The van der Waals surface area contributed by atoms with Crippen LogP contribution in [0, 0.1) is 5.41 Å². The number of hydrogen-bond acceptors (Lipinski definition) is 2. The Balaban J connectivity index is 0.000000671. The first kappa shape index (κ1) is 12.9. The van der Waals surface area contributed by atoms with Crippen molar-refractivity contribution in [3.05, 3.63) is 0 Å². The summed E-state index contributed by atoms with van der Waals surface area (Å²) in [7, 11) is 2.17. The van der Waals surface area contributed by atoms with E-state index in [-0.39, 0.29) is 0 Å². The van der Waals surface area contributed by atoms with Gasteiger partial charge in [-0.05, 0) is 20.4 Å². The monoisotopic (exact) mass is 187 g/mol. The quantitative estimate of drug-likeness (QED) is 0.670. The highest BCUT2D eigenvalue weighted by Crippen LogP contribution is 2.32. The lowest BCUT2D eigenvalue weighted by Crippen LogP contribution is -2.56. The molecule has 1 aliphatic rings. The standard InChI is InChI=1S/C9H19NO.C2H6/c1-4-9(8-11-5-2)6-10(3)7-9;1-2/h4-8H2,1-3H3;1-2H3. The lowest BCUT2D eigenvalue weighted by Gasteiger charge is -2.48. The predicted molar refractivity (Wildman–Crippen MR) is 58.1 cm³/mol. The lowest BCUT2D eigenvalue weighted by atomic mass is 9.78. The van der Waals surface area contributed by atoms with Crippen LogP contribution < -0.4 is 0 Å². The van der Waals surface area contributed by atoms with Crippen LogP contribution in [0.25, 0.3) is 0 Å². The van der Waals surface area contributed by atoms with E-state index >= 15 is 0 Å².